The van der Waals surface area contributed by atoms with Gasteiger partial charge in [-0.15, -0.1) is 0 Å². The van der Waals surface area contributed by atoms with Crippen LogP contribution in [0.3, 0.4) is 0 Å². The predicted octanol–water partition coefficient (Wildman–Crippen LogP) is 1.96. The number of ether oxygens (including phenoxy) is 1. The number of H-pyrrole nitrogens is 1. The summed E-state index contributed by atoms with van der Waals surface area (Å²) in [6.07, 6.45) is 1.48. The van der Waals surface area contributed by atoms with Gasteiger partial charge in [-0.3, -0.25) is 9.59 Å². The molecule has 5 rings (SSSR count). The Morgan fingerprint density at radius 2 is 1.88 bits per heavy atom. The number of amides is 2. The van der Waals surface area contributed by atoms with Crippen LogP contribution in [0.4, 0.5) is 5.69 Å². The van der Waals surface area contributed by atoms with Gasteiger partial charge < -0.3 is 19.9 Å². The predicted molar refractivity (Wildman–Crippen MR) is 123 cm³/mol. The summed E-state index contributed by atoms with van der Waals surface area (Å²) in [5, 5.41) is 3.70. The molecule has 2 amide bonds. The van der Waals surface area contributed by atoms with Gasteiger partial charge in [-0.05, 0) is 36.8 Å². The second kappa shape index (κ2) is 8.20. The summed E-state index contributed by atoms with van der Waals surface area (Å²) in [4.78, 5) is 29.7. The van der Waals surface area contributed by atoms with Gasteiger partial charge >= 0.3 is 0 Å². The Kier molecular flexibility index (Phi) is 5.34. The summed E-state index contributed by atoms with van der Waals surface area (Å²) in [7, 11) is -3.77. The maximum absolute atomic E-state index is 13.2. The fraction of sp³-hybridized carbons (Fsp3) is 0.304. The van der Waals surface area contributed by atoms with Gasteiger partial charge in [0.15, 0.2) is 6.10 Å². The molecule has 2 aliphatic heterocycles. The normalized spacial score (nSPS) is 19.1. The van der Waals surface area contributed by atoms with Crippen molar-refractivity contribution in [2.75, 3.05) is 31.5 Å². The summed E-state index contributed by atoms with van der Waals surface area (Å²) in [6, 6.07) is 12.3. The molecule has 9 nitrogen and oxygen atoms in total. The number of nitrogens with one attached hydrogen (secondary N) is 2. The monoisotopic (exact) mass is 468 g/mol. The van der Waals surface area contributed by atoms with Crippen LogP contribution >= 0.6 is 0 Å². The average molecular weight is 469 g/mol. The number of fused-ring (bicyclic) bond motifs is 2. The smallest absolute Gasteiger partial charge is 0.265 e. The first kappa shape index (κ1) is 21.5. The molecule has 10 heteroatoms. The molecular formula is C23H24N4O5S. The highest BCUT2D eigenvalue weighted by molar-refractivity contribution is 7.89. The molecule has 0 spiro atoms. The highest BCUT2D eigenvalue weighted by Gasteiger charge is 2.32. The Bertz CT molecular complexity index is 1340. The Balaban J connectivity index is 1.25. The number of sulfonamides is 1. The van der Waals surface area contributed by atoms with Crippen LogP contribution in [0.1, 0.15) is 12.5 Å². The standard InChI is InChI=1S/C23H24N4O5S/c1-15-23(29)25-20-13-17(6-7-21(20)32-15)33(30,31)27-10-8-26(9-11-27)22(28)12-16-14-24-19-5-3-2-4-18(16)19/h2-7,13-15,24H,8-12H2,1H3,(H,25,29)/t15-/m1/s1. The molecule has 172 valence electrons. The lowest BCUT2D eigenvalue weighted by Gasteiger charge is -2.34. The first-order valence-corrected chi connectivity index (χ1v) is 12.2. The molecule has 2 aromatic carbocycles. The van der Waals surface area contributed by atoms with Crippen molar-refractivity contribution in [2.24, 2.45) is 0 Å². The molecule has 3 heterocycles. The maximum Gasteiger partial charge on any atom is 0.265 e. The van der Waals surface area contributed by atoms with Gasteiger partial charge in [0.25, 0.3) is 5.91 Å². The van der Waals surface area contributed by atoms with Crippen LogP contribution in [0.25, 0.3) is 10.9 Å². The molecular weight excluding hydrogens is 444 g/mol. The number of benzene rings is 2. The third-order valence-electron chi connectivity index (χ3n) is 6.13. The number of carbonyl (C=O) groups excluding carboxylic acids is 2. The van der Waals surface area contributed by atoms with Crippen LogP contribution in [0.2, 0.25) is 0 Å². The maximum atomic E-state index is 13.2. The topological polar surface area (TPSA) is 112 Å². The number of para-hydroxylation sites is 1. The van der Waals surface area contributed by atoms with E-state index in [1.165, 1.54) is 16.4 Å². The van der Waals surface area contributed by atoms with Crippen molar-refractivity contribution in [3.8, 4) is 5.75 Å². The molecule has 1 atom stereocenters. The number of piperazine rings is 1. The first-order valence-electron chi connectivity index (χ1n) is 10.8. The second-order valence-electron chi connectivity index (χ2n) is 8.23. The van der Waals surface area contributed by atoms with Gasteiger partial charge in [-0.2, -0.15) is 4.31 Å². The van der Waals surface area contributed by atoms with Gasteiger partial charge in [0.1, 0.15) is 5.75 Å². The Hall–Kier alpha value is -3.37. The van der Waals surface area contributed by atoms with E-state index in [1.807, 2.05) is 30.5 Å². The largest absolute Gasteiger partial charge is 0.479 e. The Morgan fingerprint density at radius 3 is 2.67 bits per heavy atom. The lowest BCUT2D eigenvalue weighted by atomic mass is 10.1. The minimum Gasteiger partial charge on any atom is -0.479 e. The quantitative estimate of drug-likeness (QED) is 0.608. The van der Waals surface area contributed by atoms with Crippen molar-refractivity contribution < 1.29 is 22.7 Å². The van der Waals surface area contributed by atoms with Crippen LogP contribution < -0.4 is 10.1 Å². The molecule has 0 aliphatic carbocycles. The lowest BCUT2D eigenvalue weighted by molar-refractivity contribution is -0.131. The van der Waals surface area contributed by atoms with Crippen molar-refractivity contribution in [1.29, 1.82) is 0 Å². The van der Waals surface area contributed by atoms with Gasteiger partial charge in [0.2, 0.25) is 15.9 Å². The number of nitrogens with zero attached hydrogens (tertiary/aromatic N) is 2. The molecule has 1 aromatic heterocycles. The van der Waals surface area contributed by atoms with Crippen LogP contribution in [0, 0.1) is 0 Å². The number of anilines is 1. The van der Waals surface area contributed by atoms with Crippen LogP contribution in [-0.4, -0.2) is 66.7 Å². The molecule has 1 saturated heterocycles. The number of hydrogen-bond acceptors (Lipinski definition) is 5. The fourth-order valence-corrected chi connectivity index (χ4v) is 5.68. The number of aromatic nitrogens is 1. The van der Waals surface area contributed by atoms with Crippen molar-refractivity contribution in [3.63, 3.8) is 0 Å². The number of aromatic amines is 1. The van der Waals surface area contributed by atoms with E-state index >= 15 is 0 Å². The summed E-state index contributed by atoms with van der Waals surface area (Å²) < 4.78 is 33.2. The summed E-state index contributed by atoms with van der Waals surface area (Å²) in [6.45, 7) is 2.69. The lowest BCUT2D eigenvalue weighted by Crippen LogP contribution is -2.50. The van der Waals surface area contributed by atoms with E-state index in [1.54, 1.807) is 17.9 Å². The fourth-order valence-electron chi connectivity index (χ4n) is 4.23. The zero-order chi connectivity index (χ0) is 23.2. The van der Waals surface area contributed by atoms with Gasteiger partial charge in [-0.1, -0.05) is 18.2 Å². The Labute approximate surface area is 191 Å². The van der Waals surface area contributed by atoms with Crippen LogP contribution in [-0.2, 0) is 26.0 Å². The number of carbonyl (C=O) groups is 2. The number of hydrogen-bond donors (Lipinski definition) is 2. The Morgan fingerprint density at radius 1 is 1.12 bits per heavy atom. The zero-order valence-electron chi connectivity index (χ0n) is 18.1. The van der Waals surface area contributed by atoms with Crippen molar-refractivity contribution in [2.45, 2.75) is 24.3 Å². The van der Waals surface area contributed by atoms with E-state index in [0.29, 0.717) is 24.5 Å². The van der Waals surface area contributed by atoms with E-state index in [0.717, 1.165) is 16.5 Å². The summed E-state index contributed by atoms with van der Waals surface area (Å²) >= 11 is 0. The van der Waals surface area contributed by atoms with Crippen molar-refractivity contribution >= 4 is 38.4 Å². The zero-order valence-corrected chi connectivity index (χ0v) is 18.9. The third-order valence-corrected chi connectivity index (χ3v) is 8.02. The van der Waals surface area contributed by atoms with E-state index in [4.69, 9.17) is 4.74 Å². The van der Waals surface area contributed by atoms with Crippen LogP contribution in [0.15, 0.2) is 53.6 Å². The van der Waals surface area contributed by atoms with E-state index in [2.05, 4.69) is 10.3 Å². The molecule has 0 bridgehead atoms. The molecule has 2 aliphatic rings. The van der Waals surface area contributed by atoms with Crippen LogP contribution in [0.5, 0.6) is 5.75 Å². The highest BCUT2D eigenvalue weighted by Crippen LogP contribution is 2.33. The minimum atomic E-state index is -3.77. The minimum absolute atomic E-state index is 0.0282. The highest BCUT2D eigenvalue weighted by atomic mass is 32.2. The van der Waals surface area contributed by atoms with Gasteiger partial charge in [-0.25, -0.2) is 8.42 Å². The average Bonchev–Trinajstić information content (AvgIpc) is 3.22. The van der Waals surface area contributed by atoms with E-state index in [-0.39, 0.29) is 36.2 Å². The van der Waals surface area contributed by atoms with Gasteiger partial charge in [0.05, 0.1) is 17.0 Å². The molecule has 1 fully saturated rings. The molecule has 33 heavy (non-hydrogen) atoms. The van der Waals surface area contributed by atoms with Crippen molar-refractivity contribution in [1.82, 2.24) is 14.2 Å². The van der Waals surface area contributed by atoms with E-state index < -0.39 is 16.1 Å². The molecule has 3 aromatic rings. The second-order valence-corrected chi connectivity index (χ2v) is 10.2. The first-order chi connectivity index (χ1) is 15.8. The number of rotatable bonds is 4. The SMILES string of the molecule is C[C@H]1Oc2ccc(S(=O)(=O)N3CCN(C(=O)Cc4c[nH]c5ccccc45)CC3)cc2NC1=O. The summed E-state index contributed by atoms with van der Waals surface area (Å²) in [5.74, 6) is 0.0904. The molecule has 2 N–H and O–H groups in total. The summed E-state index contributed by atoms with van der Waals surface area (Å²) in [5.41, 5.74) is 2.25. The third kappa shape index (κ3) is 3.96. The van der Waals surface area contributed by atoms with Crippen molar-refractivity contribution in [3.05, 3.63) is 54.2 Å². The molecule has 0 unspecified atom stereocenters. The van der Waals surface area contributed by atoms with Gasteiger partial charge in [0, 0.05) is 43.3 Å². The molecule has 0 radical (unpaired) electrons. The van der Waals surface area contributed by atoms with E-state index in [9.17, 15) is 18.0 Å². The molecule has 0 saturated carbocycles.